The number of thiophene rings is 1. The van der Waals surface area contributed by atoms with Gasteiger partial charge in [0.2, 0.25) is 0 Å². The molecular weight excluding hydrogens is 520 g/mol. The first-order chi connectivity index (χ1) is 18.5. The van der Waals surface area contributed by atoms with E-state index >= 15 is 0 Å². The highest BCUT2D eigenvalue weighted by Crippen LogP contribution is 2.35. The lowest BCUT2D eigenvalue weighted by atomic mass is 9.97. The van der Waals surface area contributed by atoms with E-state index in [9.17, 15) is 9.59 Å². The second kappa shape index (κ2) is 11.4. The van der Waals surface area contributed by atoms with Crippen LogP contribution in [0.4, 0.5) is 0 Å². The number of carbonyl (C=O) groups is 1. The van der Waals surface area contributed by atoms with Gasteiger partial charge in [0.1, 0.15) is 16.3 Å². The predicted molar refractivity (Wildman–Crippen MR) is 152 cm³/mol. The van der Waals surface area contributed by atoms with E-state index in [4.69, 9.17) is 14.5 Å². The smallest absolute Gasteiger partial charge is 0.267 e. The van der Waals surface area contributed by atoms with Gasteiger partial charge >= 0.3 is 0 Å². The van der Waals surface area contributed by atoms with E-state index in [1.165, 1.54) is 16.6 Å². The zero-order valence-electron chi connectivity index (χ0n) is 21.4. The van der Waals surface area contributed by atoms with Crippen LogP contribution in [-0.2, 0) is 17.6 Å². The molecule has 4 aromatic rings. The molecule has 2 aromatic heterocycles. The standard InChI is InChI=1S/C28H28N4O4S2/c1-17(18-8-12-20(35-2)13-9-18)30-31-24(33)16-37-28-29-26-25(22-6-4-5-7-23(22)38-26)27(34)32(28)19-10-14-21(36-3)15-11-19/h8-15H,4-7,16H2,1-3H3,(H,31,33). The molecule has 0 fully saturated rings. The molecule has 0 radical (unpaired) electrons. The van der Waals surface area contributed by atoms with Crippen LogP contribution in [0.25, 0.3) is 15.9 Å². The average molecular weight is 549 g/mol. The van der Waals surface area contributed by atoms with Gasteiger partial charge in [0.05, 0.1) is 36.8 Å². The van der Waals surface area contributed by atoms with Crippen LogP contribution in [-0.4, -0.2) is 41.1 Å². The van der Waals surface area contributed by atoms with Crippen molar-refractivity contribution in [1.29, 1.82) is 0 Å². The van der Waals surface area contributed by atoms with Crippen LogP contribution in [0.1, 0.15) is 35.8 Å². The maximum atomic E-state index is 13.9. The number of rotatable bonds is 8. The molecule has 10 heteroatoms. The molecule has 1 aliphatic carbocycles. The minimum absolute atomic E-state index is 0.0542. The Labute approximate surface area is 228 Å². The minimum atomic E-state index is -0.288. The highest BCUT2D eigenvalue weighted by atomic mass is 32.2. The number of ether oxygens (including phenoxy) is 2. The van der Waals surface area contributed by atoms with Crippen molar-refractivity contribution in [3.63, 3.8) is 0 Å². The molecule has 1 amide bonds. The third-order valence-electron chi connectivity index (χ3n) is 6.48. The molecule has 8 nitrogen and oxygen atoms in total. The first-order valence-electron chi connectivity index (χ1n) is 12.3. The summed E-state index contributed by atoms with van der Waals surface area (Å²) in [7, 11) is 3.21. The zero-order valence-corrected chi connectivity index (χ0v) is 23.1. The molecule has 2 heterocycles. The average Bonchev–Trinajstić information content (AvgIpc) is 3.33. The quantitative estimate of drug-likeness (QED) is 0.145. The summed E-state index contributed by atoms with van der Waals surface area (Å²) in [6.45, 7) is 1.82. The van der Waals surface area contributed by atoms with Gasteiger partial charge in [-0.1, -0.05) is 11.8 Å². The summed E-state index contributed by atoms with van der Waals surface area (Å²) in [5.41, 5.74) is 5.87. The molecule has 0 unspecified atom stereocenters. The number of carbonyl (C=O) groups excluding carboxylic acids is 1. The number of thioether (sulfide) groups is 1. The number of hydrogen-bond donors (Lipinski definition) is 1. The maximum absolute atomic E-state index is 13.9. The number of nitrogens with zero attached hydrogens (tertiary/aromatic N) is 3. The normalized spacial score (nSPS) is 13.3. The van der Waals surface area contributed by atoms with Crippen molar-refractivity contribution in [2.24, 2.45) is 5.10 Å². The van der Waals surface area contributed by atoms with Gasteiger partial charge in [0.15, 0.2) is 5.16 Å². The first-order valence-corrected chi connectivity index (χ1v) is 14.1. The lowest BCUT2D eigenvalue weighted by molar-refractivity contribution is -0.118. The predicted octanol–water partition coefficient (Wildman–Crippen LogP) is 4.98. The largest absolute Gasteiger partial charge is 0.497 e. The third kappa shape index (κ3) is 5.32. The van der Waals surface area contributed by atoms with Crippen molar-refractivity contribution >= 4 is 44.9 Å². The Bertz CT molecular complexity index is 1560. The second-order valence-corrected chi connectivity index (χ2v) is 10.9. The van der Waals surface area contributed by atoms with Gasteiger partial charge in [-0.3, -0.25) is 14.2 Å². The number of methoxy groups -OCH3 is 2. The molecule has 0 atom stereocenters. The Morgan fingerprint density at radius 1 is 1.05 bits per heavy atom. The van der Waals surface area contributed by atoms with E-state index in [0.717, 1.165) is 47.4 Å². The fourth-order valence-electron chi connectivity index (χ4n) is 4.45. The lowest BCUT2D eigenvalue weighted by Crippen LogP contribution is -2.24. The Balaban J connectivity index is 1.42. The van der Waals surface area contributed by atoms with Crippen LogP contribution in [0.2, 0.25) is 0 Å². The van der Waals surface area contributed by atoms with Crippen molar-refractivity contribution in [2.45, 2.75) is 37.8 Å². The van der Waals surface area contributed by atoms with Crippen LogP contribution in [0.15, 0.2) is 63.6 Å². The second-order valence-electron chi connectivity index (χ2n) is 8.87. The third-order valence-corrected chi connectivity index (χ3v) is 8.60. The number of benzene rings is 2. The summed E-state index contributed by atoms with van der Waals surface area (Å²) in [4.78, 5) is 33.4. The van der Waals surface area contributed by atoms with E-state index in [-0.39, 0.29) is 17.2 Å². The summed E-state index contributed by atoms with van der Waals surface area (Å²) in [6, 6.07) is 14.7. The zero-order chi connectivity index (χ0) is 26.6. The number of hydrogen-bond acceptors (Lipinski definition) is 8. The number of aromatic nitrogens is 2. The van der Waals surface area contributed by atoms with E-state index in [0.29, 0.717) is 27.7 Å². The van der Waals surface area contributed by atoms with Crippen LogP contribution in [0, 0.1) is 0 Å². The SMILES string of the molecule is COc1ccc(C(C)=NNC(=O)CSc2nc3sc4c(c3c(=O)n2-c2ccc(OC)cc2)CCCC4)cc1. The highest BCUT2D eigenvalue weighted by Gasteiger charge is 2.23. The Morgan fingerprint density at radius 2 is 1.71 bits per heavy atom. The Morgan fingerprint density at radius 3 is 2.39 bits per heavy atom. The highest BCUT2D eigenvalue weighted by molar-refractivity contribution is 7.99. The maximum Gasteiger partial charge on any atom is 0.267 e. The van der Waals surface area contributed by atoms with Crippen molar-refractivity contribution in [2.75, 3.05) is 20.0 Å². The molecule has 0 saturated carbocycles. The molecule has 196 valence electrons. The van der Waals surface area contributed by atoms with Crippen molar-refractivity contribution in [3.8, 4) is 17.2 Å². The Hall–Kier alpha value is -3.63. The number of aryl methyl sites for hydroxylation is 2. The summed E-state index contributed by atoms with van der Waals surface area (Å²) in [5, 5.41) is 5.41. The monoisotopic (exact) mass is 548 g/mol. The topological polar surface area (TPSA) is 94.8 Å². The summed E-state index contributed by atoms with van der Waals surface area (Å²) >= 11 is 2.81. The lowest BCUT2D eigenvalue weighted by Gasteiger charge is -2.14. The Kier molecular flexibility index (Phi) is 7.80. The number of amides is 1. The molecule has 38 heavy (non-hydrogen) atoms. The van der Waals surface area contributed by atoms with Crippen molar-refractivity contribution in [3.05, 3.63) is 74.9 Å². The summed E-state index contributed by atoms with van der Waals surface area (Å²) in [6.07, 6.45) is 4.09. The van der Waals surface area contributed by atoms with E-state index in [1.54, 1.807) is 30.1 Å². The van der Waals surface area contributed by atoms with Gasteiger partial charge in [-0.2, -0.15) is 5.10 Å². The number of nitrogens with one attached hydrogen (secondary N) is 1. The molecule has 2 aromatic carbocycles. The van der Waals surface area contributed by atoms with Gasteiger partial charge in [-0.15, -0.1) is 11.3 Å². The van der Waals surface area contributed by atoms with E-state index in [2.05, 4.69) is 10.5 Å². The molecule has 0 aliphatic heterocycles. The fraction of sp³-hybridized carbons (Fsp3) is 0.286. The van der Waals surface area contributed by atoms with Gasteiger partial charge in [-0.05, 0) is 92.3 Å². The van der Waals surface area contributed by atoms with Crippen LogP contribution >= 0.6 is 23.1 Å². The fourth-order valence-corrected chi connectivity index (χ4v) is 6.56. The first kappa shape index (κ1) is 26.0. The molecule has 5 rings (SSSR count). The van der Waals surface area contributed by atoms with Crippen LogP contribution in [0.3, 0.4) is 0 Å². The summed E-state index contributed by atoms with van der Waals surface area (Å²) < 4.78 is 12.1. The van der Waals surface area contributed by atoms with Gasteiger partial charge < -0.3 is 9.47 Å². The minimum Gasteiger partial charge on any atom is -0.497 e. The van der Waals surface area contributed by atoms with E-state index in [1.807, 2.05) is 55.5 Å². The molecule has 1 aliphatic rings. The molecular formula is C28H28N4O4S2. The molecule has 0 saturated heterocycles. The van der Waals surface area contributed by atoms with Crippen molar-refractivity contribution in [1.82, 2.24) is 15.0 Å². The number of fused-ring (bicyclic) bond motifs is 3. The van der Waals surface area contributed by atoms with Gasteiger partial charge in [0, 0.05) is 4.88 Å². The molecule has 0 bridgehead atoms. The van der Waals surface area contributed by atoms with Gasteiger partial charge in [0.25, 0.3) is 11.5 Å². The van der Waals surface area contributed by atoms with Gasteiger partial charge in [-0.25, -0.2) is 10.4 Å². The summed E-state index contributed by atoms with van der Waals surface area (Å²) in [5.74, 6) is 1.21. The van der Waals surface area contributed by atoms with Crippen molar-refractivity contribution < 1.29 is 14.3 Å². The number of hydrazone groups is 1. The van der Waals surface area contributed by atoms with Crippen LogP contribution < -0.4 is 20.5 Å². The molecule has 1 N–H and O–H groups in total. The molecule has 0 spiro atoms. The van der Waals surface area contributed by atoms with E-state index < -0.39 is 0 Å². The van der Waals surface area contributed by atoms with Crippen LogP contribution in [0.5, 0.6) is 11.5 Å².